The first-order valence-corrected chi connectivity index (χ1v) is 14.9. The quantitative estimate of drug-likeness (QED) is 0.143. The van der Waals surface area contributed by atoms with Gasteiger partial charge in [0.2, 0.25) is 0 Å². The van der Waals surface area contributed by atoms with Gasteiger partial charge >= 0.3 is 6.80 Å². The van der Waals surface area contributed by atoms with Crippen LogP contribution in [-0.2, 0) is 23.1 Å². The highest BCUT2D eigenvalue weighted by Crippen LogP contribution is 2.57. The van der Waals surface area contributed by atoms with Crippen molar-refractivity contribution < 1.29 is 37.7 Å². The first-order valence-electron chi connectivity index (χ1n) is 12.2. The molecule has 0 saturated carbocycles. The lowest BCUT2D eigenvalue weighted by atomic mass is 10.1. The molecule has 5 N–H and O–H groups in total. The summed E-state index contributed by atoms with van der Waals surface area (Å²) in [5.41, 5.74) is 6.35. The number of aromatic amines is 1. The Kier molecular flexibility index (Phi) is 7.16. The Hall–Kier alpha value is -2.89. The largest absolute Gasteiger partial charge is 0.394 e. The van der Waals surface area contributed by atoms with E-state index in [0.29, 0.717) is 16.6 Å². The van der Waals surface area contributed by atoms with Gasteiger partial charge in [0, 0.05) is 18.8 Å². The van der Waals surface area contributed by atoms with Crippen molar-refractivity contribution in [2.24, 2.45) is 0 Å². The van der Waals surface area contributed by atoms with Crippen LogP contribution in [0, 0.1) is 0 Å². The molecule has 40 heavy (non-hydrogen) atoms. The zero-order chi connectivity index (χ0) is 28.2. The predicted octanol–water partition coefficient (Wildman–Crippen LogP) is 1.07. The third-order valence-corrected chi connectivity index (χ3v) is 8.55. The van der Waals surface area contributed by atoms with Gasteiger partial charge in [0.25, 0.3) is 5.56 Å². The molecule has 214 valence electrons. The summed E-state index contributed by atoms with van der Waals surface area (Å²) in [5.74, 6) is 0.207. The number of rotatable bonds is 8. The van der Waals surface area contributed by atoms with Crippen molar-refractivity contribution in [1.82, 2.24) is 29.1 Å². The van der Waals surface area contributed by atoms with Crippen molar-refractivity contribution in [3.8, 4) is 0 Å². The molecule has 0 amide bonds. The molecule has 0 aromatic carbocycles. The molecule has 0 aliphatic carbocycles. The van der Waals surface area contributed by atoms with Crippen LogP contribution in [-0.4, -0.2) is 83.1 Å². The van der Waals surface area contributed by atoms with Crippen LogP contribution < -0.4 is 11.3 Å². The maximum atomic E-state index is 15.1. The second kappa shape index (κ2) is 10.5. The molecule has 0 spiro atoms. The number of nitrogen functional groups attached to an aromatic ring is 1. The molecule has 0 radical (unpaired) electrons. The summed E-state index contributed by atoms with van der Waals surface area (Å²) in [6, 6.07) is 3.22. The maximum absolute atomic E-state index is 15.1. The molecule has 6 heterocycles. The van der Waals surface area contributed by atoms with Crippen LogP contribution in [0.3, 0.4) is 0 Å². The average Bonchev–Trinajstić information content (AvgIpc) is 3.69. The van der Waals surface area contributed by atoms with Crippen molar-refractivity contribution in [2.45, 2.75) is 49.5 Å². The second-order valence-corrected chi connectivity index (χ2v) is 12.3. The van der Waals surface area contributed by atoms with Gasteiger partial charge in [-0.15, -0.1) is 0 Å². The number of imidazole rings is 1. The number of nitrogens with zero attached hydrogens (tertiary/aromatic N) is 5. The molecule has 1 unspecified atom stereocenters. The summed E-state index contributed by atoms with van der Waals surface area (Å²) < 4.78 is 53.9. The molecule has 2 fully saturated rings. The van der Waals surface area contributed by atoms with Crippen molar-refractivity contribution in [2.75, 3.05) is 18.9 Å². The van der Waals surface area contributed by atoms with Crippen molar-refractivity contribution in [1.29, 1.82) is 0 Å². The number of halogens is 1. The van der Waals surface area contributed by atoms with Crippen LogP contribution in [0.4, 0.5) is 10.2 Å². The van der Waals surface area contributed by atoms with Crippen LogP contribution in [0.1, 0.15) is 18.9 Å². The Morgan fingerprint density at radius 2 is 2.08 bits per heavy atom. The number of nitrogens with one attached hydrogen (secondary N) is 1. The van der Waals surface area contributed by atoms with E-state index < -0.39 is 62.0 Å². The number of ether oxygens (including phenoxy) is 2. The lowest BCUT2D eigenvalue weighted by Gasteiger charge is -2.24. The highest BCUT2D eigenvalue weighted by Gasteiger charge is 2.47. The summed E-state index contributed by atoms with van der Waals surface area (Å²) >= 11 is 4.06. The Balaban J connectivity index is 1.16. The minimum absolute atomic E-state index is 0.126. The molecule has 4 aromatic rings. The number of hydrogen-bond acceptors (Lipinski definition) is 12. The fourth-order valence-electron chi connectivity index (χ4n) is 4.98. The summed E-state index contributed by atoms with van der Waals surface area (Å²) in [7, 11) is 0. The molecule has 4 aromatic heterocycles. The van der Waals surface area contributed by atoms with E-state index in [0.717, 1.165) is 0 Å². The minimum Gasteiger partial charge on any atom is -0.394 e. The fraction of sp³-hybridized carbons (Fsp3) is 0.455. The van der Waals surface area contributed by atoms with E-state index in [1.807, 2.05) is 0 Å². The number of hydrogen-bond donors (Lipinski definition) is 5. The zero-order valence-electron chi connectivity index (χ0n) is 20.6. The van der Waals surface area contributed by atoms with Gasteiger partial charge in [0.15, 0.2) is 24.1 Å². The lowest BCUT2D eigenvalue weighted by molar-refractivity contribution is -0.0526. The zero-order valence-corrected chi connectivity index (χ0v) is 22.3. The van der Waals surface area contributed by atoms with Crippen LogP contribution in [0.15, 0.2) is 42.0 Å². The standard InChI is InChI=1S/C22H25FN7O8PS/c23-15-17(32)14(37-22(15)29-4-2-11-18(24)26-8-27-19(11)29)7-35-39(34,40)38-13-5-10(6-31)36-21(13)30-9-28-16-12(30)1-3-25-20(16)33/h1-4,8-10,13-15,17,21-22,31-32H,5-7H2,(H,25,33)(H,34,40)(H2,24,26,27)/t10-,13+,14+,15-,17+,21+,22+,39?/m0/s1. The number of aromatic nitrogens is 6. The molecule has 6 rings (SSSR count). The third-order valence-electron chi connectivity index (χ3n) is 6.90. The normalized spacial score (nSPS) is 30.4. The number of alkyl halides is 1. The molecule has 8 atom stereocenters. The van der Waals surface area contributed by atoms with Crippen LogP contribution >= 0.6 is 19.0 Å². The third kappa shape index (κ3) is 4.81. The number of fused-ring (bicyclic) bond motifs is 2. The van der Waals surface area contributed by atoms with Crippen molar-refractivity contribution in [3.63, 3.8) is 0 Å². The lowest BCUT2D eigenvalue weighted by Crippen LogP contribution is -2.31. The molecule has 0 bridgehead atoms. The minimum atomic E-state index is -4.14. The molecule has 2 aliphatic rings. The maximum Gasteiger partial charge on any atom is 0.386 e. The van der Waals surface area contributed by atoms with E-state index in [2.05, 4.69) is 32.2 Å². The van der Waals surface area contributed by atoms with Gasteiger partial charge in [-0.1, -0.05) is 12.2 Å². The molecule has 2 aliphatic heterocycles. The smallest absolute Gasteiger partial charge is 0.386 e. The van der Waals surface area contributed by atoms with Crippen LogP contribution in [0.5, 0.6) is 0 Å². The molecule has 2 saturated heterocycles. The number of thiol groups is 1. The number of aliphatic hydroxyl groups is 2. The Bertz CT molecular complexity index is 1650. The Morgan fingerprint density at radius 3 is 2.88 bits per heavy atom. The summed E-state index contributed by atoms with van der Waals surface area (Å²) in [4.78, 5) is 26.7. The fourth-order valence-corrected chi connectivity index (χ4v) is 6.47. The van der Waals surface area contributed by atoms with Gasteiger partial charge in [-0.2, -0.15) is 0 Å². The van der Waals surface area contributed by atoms with E-state index >= 15 is 4.39 Å². The van der Waals surface area contributed by atoms with Crippen molar-refractivity contribution in [3.05, 3.63) is 47.5 Å². The van der Waals surface area contributed by atoms with Crippen LogP contribution in [0.25, 0.3) is 22.1 Å². The molecule has 18 heteroatoms. The topological polar surface area (TPSA) is 202 Å². The van der Waals surface area contributed by atoms with E-state index in [-0.39, 0.29) is 24.4 Å². The van der Waals surface area contributed by atoms with E-state index in [1.54, 1.807) is 12.1 Å². The molecule has 15 nitrogen and oxygen atoms in total. The average molecular weight is 598 g/mol. The Labute approximate surface area is 229 Å². The monoisotopic (exact) mass is 597 g/mol. The number of H-pyrrole nitrogens is 1. The summed E-state index contributed by atoms with van der Waals surface area (Å²) in [6.07, 6.45) is -2.78. The van der Waals surface area contributed by atoms with Gasteiger partial charge in [-0.3, -0.25) is 13.8 Å². The van der Waals surface area contributed by atoms with Gasteiger partial charge in [-0.25, -0.2) is 23.9 Å². The highest BCUT2D eigenvalue weighted by atomic mass is 32.7. The first-order chi connectivity index (χ1) is 19.2. The SMILES string of the molecule is Nc1ncnc2c1ccn2[C@@H]1O[C@H](COP(=O)(S)O[C@@H]2C[C@@H](CO)O[C@H]2n2cnc3c(=O)[nH]ccc32)[C@@H](O)[C@@H]1F. The van der Waals surface area contributed by atoms with E-state index in [1.165, 1.54) is 34.2 Å². The second-order valence-electron chi connectivity index (χ2n) is 9.39. The van der Waals surface area contributed by atoms with Gasteiger partial charge in [0.1, 0.15) is 36.1 Å². The molecular weight excluding hydrogens is 572 g/mol. The van der Waals surface area contributed by atoms with E-state index in [4.69, 9.17) is 24.3 Å². The highest BCUT2D eigenvalue weighted by molar-refractivity contribution is 8.44. The number of aliphatic hydroxyl groups excluding tert-OH is 2. The van der Waals surface area contributed by atoms with Gasteiger partial charge in [-0.05, 0) is 12.1 Å². The number of anilines is 1. The van der Waals surface area contributed by atoms with Crippen molar-refractivity contribution >= 4 is 46.9 Å². The summed E-state index contributed by atoms with van der Waals surface area (Å²) in [5, 5.41) is 20.7. The number of pyridine rings is 1. The summed E-state index contributed by atoms with van der Waals surface area (Å²) in [6.45, 7) is -4.99. The Morgan fingerprint density at radius 1 is 1.25 bits per heavy atom. The van der Waals surface area contributed by atoms with Gasteiger partial charge < -0.3 is 39.5 Å². The van der Waals surface area contributed by atoms with Crippen LogP contribution in [0.2, 0.25) is 0 Å². The number of nitrogens with two attached hydrogens (primary N) is 1. The van der Waals surface area contributed by atoms with E-state index in [9.17, 15) is 19.6 Å². The predicted molar refractivity (Wildman–Crippen MR) is 140 cm³/mol. The van der Waals surface area contributed by atoms with Gasteiger partial charge in [0.05, 0.1) is 36.5 Å². The first kappa shape index (κ1) is 27.3. The molecular formula is C22H25FN7O8PS.